The third-order valence-corrected chi connectivity index (χ3v) is 5.82. The maximum absolute atomic E-state index is 2.23. The molecule has 0 aliphatic heterocycles. The molecule has 0 bridgehead atoms. The van der Waals surface area contributed by atoms with Crippen molar-refractivity contribution in [2.24, 2.45) is 0 Å². The van der Waals surface area contributed by atoms with Crippen LogP contribution >= 0.6 is 34.0 Å². The number of hydrogen-bond donors (Lipinski definition) is 0. The first-order valence-electron chi connectivity index (χ1n) is 9.04. The summed E-state index contributed by atoms with van der Waals surface area (Å²) >= 11 is 5.14. The SMILES string of the molecule is C1=Cc2cccc3cccc(c23)C1.c1ccsc1.c1ccsc1.c1ccsc1. The highest BCUT2D eigenvalue weighted by Crippen LogP contribution is 2.27. The summed E-state index contributed by atoms with van der Waals surface area (Å²) in [7, 11) is 0. The minimum atomic E-state index is 1.08. The first kappa shape index (κ1) is 20.3. The Labute approximate surface area is 179 Å². The number of rotatable bonds is 0. The van der Waals surface area contributed by atoms with Crippen molar-refractivity contribution in [3.63, 3.8) is 0 Å². The van der Waals surface area contributed by atoms with Gasteiger partial charge >= 0.3 is 0 Å². The molecule has 140 valence electrons. The van der Waals surface area contributed by atoms with Gasteiger partial charge in [-0.3, -0.25) is 0 Å². The Bertz CT molecular complexity index is 906. The van der Waals surface area contributed by atoms with Gasteiger partial charge in [0.05, 0.1) is 0 Å². The highest BCUT2D eigenvalue weighted by atomic mass is 32.1. The Morgan fingerprint density at radius 2 is 1.04 bits per heavy atom. The standard InChI is InChI=1S/C13H10.3C4H4S/c1-4-10-6-2-8-12-9-3-7-11(5-1)13(10)12;3*1-2-4-5-3-1/h1-8H,9H2;3*1-4H. The van der Waals surface area contributed by atoms with E-state index < -0.39 is 0 Å². The zero-order chi connectivity index (χ0) is 19.3. The molecule has 3 heterocycles. The van der Waals surface area contributed by atoms with Gasteiger partial charge in [-0.15, -0.1) is 0 Å². The quantitative estimate of drug-likeness (QED) is 0.236. The predicted molar refractivity (Wildman–Crippen MR) is 130 cm³/mol. The number of allylic oxidation sites excluding steroid dienone is 1. The second-order valence-corrected chi connectivity index (χ2v) is 8.30. The lowest BCUT2D eigenvalue weighted by molar-refractivity contribution is 1.29. The summed E-state index contributed by atoms with van der Waals surface area (Å²) in [5, 5.41) is 15.0. The lowest BCUT2D eigenvalue weighted by Gasteiger charge is -2.11. The van der Waals surface area contributed by atoms with E-state index in [0.29, 0.717) is 0 Å². The van der Waals surface area contributed by atoms with Gasteiger partial charge in [-0.05, 0) is 60.6 Å². The molecule has 3 aromatic heterocycles. The van der Waals surface area contributed by atoms with Crippen LogP contribution in [0.4, 0.5) is 0 Å². The lowest BCUT2D eigenvalue weighted by Crippen LogP contribution is -1.91. The molecule has 0 amide bonds. The predicted octanol–water partition coefficient (Wildman–Crippen LogP) is 8.65. The highest BCUT2D eigenvalue weighted by molar-refractivity contribution is 7.08. The normalized spacial score (nSPS) is 10.6. The Morgan fingerprint density at radius 3 is 1.50 bits per heavy atom. The number of hydrogen-bond acceptors (Lipinski definition) is 3. The van der Waals surface area contributed by atoms with Crippen LogP contribution in [0.3, 0.4) is 0 Å². The fraction of sp³-hybridized carbons (Fsp3) is 0.0400. The fourth-order valence-electron chi connectivity index (χ4n) is 2.75. The van der Waals surface area contributed by atoms with Crippen molar-refractivity contribution in [1.82, 2.24) is 0 Å². The van der Waals surface area contributed by atoms with E-state index in [1.54, 1.807) is 34.0 Å². The zero-order valence-corrected chi connectivity index (χ0v) is 17.9. The smallest absolute Gasteiger partial charge is 0.00763 e. The van der Waals surface area contributed by atoms with Gasteiger partial charge in [-0.2, -0.15) is 34.0 Å². The van der Waals surface area contributed by atoms with Crippen LogP contribution in [-0.4, -0.2) is 0 Å². The summed E-state index contributed by atoms with van der Waals surface area (Å²) in [6.07, 6.45) is 5.53. The van der Waals surface area contributed by atoms with Crippen molar-refractivity contribution < 1.29 is 0 Å². The molecule has 0 N–H and O–H groups in total. The minimum Gasteiger partial charge on any atom is -0.152 e. The molecule has 28 heavy (non-hydrogen) atoms. The van der Waals surface area contributed by atoms with E-state index in [1.807, 2.05) is 68.7 Å². The third kappa shape index (κ3) is 6.61. The number of thiophene rings is 3. The van der Waals surface area contributed by atoms with Gasteiger partial charge in [0.1, 0.15) is 0 Å². The van der Waals surface area contributed by atoms with Crippen LogP contribution in [0.25, 0.3) is 16.8 Å². The van der Waals surface area contributed by atoms with Gasteiger partial charge in [0, 0.05) is 0 Å². The Kier molecular flexibility index (Phi) is 8.75. The summed E-state index contributed by atoms with van der Waals surface area (Å²) < 4.78 is 0. The van der Waals surface area contributed by atoms with Crippen LogP contribution < -0.4 is 0 Å². The van der Waals surface area contributed by atoms with Gasteiger partial charge in [-0.25, -0.2) is 0 Å². The van der Waals surface area contributed by atoms with Crippen LogP contribution in [-0.2, 0) is 6.42 Å². The van der Waals surface area contributed by atoms with Gasteiger partial charge in [0.25, 0.3) is 0 Å². The van der Waals surface area contributed by atoms with Crippen LogP contribution in [0.2, 0.25) is 0 Å². The fourth-order valence-corrected chi connectivity index (χ4v) is 4.11. The maximum atomic E-state index is 2.23. The van der Waals surface area contributed by atoms with Crippen LogP contribution in [0.1, 0.15) is 11.1 Å². The molecule has 0 unspecified atom stereocenters. The molecular formula is C25H22S3. The Morgan fingerprint density at radius 1 is 0.536 bits per heavy atom. The summed E-state index contributed by atoms with van der Waals surface area (Å²) in [6.45, 7) is 0. The Hall–Kier alpha value is -2.46. The molecule has 3 heteroatoms. The molecular weight excluding hydrogens is 396 g/mol. The maximum Gasteiger partial charge on any atom is -0.00763 e. The van der Waals surface area contributed by atoms with E-state index >= 15 is 0 Å². The molecule has 0 spiro atoms. The molecule has 0 atom stereocenters. The molecule has 6 rings (SSSR count). The van der Waals surface area contributed by atoms with E-state index in [1.165, 1.54) is 21.9 Å². The first-order valence-corrected chi connectivity index (χ1v) is 11.9. The first-order chi connectivity index (χ1) is 13.9. The molecule has 1 aliphatic rings. The van der Waals surface area contributed by atoms with Crippen molar-refractivity contribution >= 4 is 50.9 Å². The van der Waals surface area contributed by atoms with Crippen LogP contribution in [0.15, 0.2) is 111 Å². The van der Waals surface area contributed by atoms with E-state index in [2.05, 4.69) is 48.6 Å². The molecule has 1 aliphatic carbocycles. The molecule has 5 aromatic rings. The van der Waals surface area contributed by atoms with E-state index in [9.17, 15) is 0 Å². The summed E-state index contributed by atoms with van der Waals surface area (Å²) in [5.74, 6) is 0. The van der Waals surface area contributed by atoms with Gasteiger partial charge in [0.15, 0.2) is 0 Å². The van der Waals surface area contributed by atoms with Crippen LogP contribution in [0, 0.1) is 0 Å². The molecule has 0 radical (unpaired) electrons. The van der Waals surface area contributed by atoms with Crippen molar-refractivity contribution in [3.05, 3.63) is 122 Å². The molecule has 2 aromatic carbocycles. The largest absolute Gasteiger partial charge is 0.152 e. The summed E-state index contributed by atoms with van der Waals surface area (Å²) in [5.41, 5.74) is 2.81. The lowest BCUT2D eigenvalue weighted by atomic mass is 9.93. The van der Waals surface area contributed by atoms with E-state index in [-0.39, 0.29) is 0 Å². The van der Waals surface area contributed by atoms with Crippen molar-refractivity contribution in [2.75, 3.05) is 0 Å². The zero-order valence-electron chi connectivity index (χ0n) is 15.5. The average molecular weight is 419 g/mol. The molecule has 0 nitrogen and oxygen atoms in total. The highest BCUT2D eigenvalue weighted by Gasteiger charge is 2.06. The van der Waals surface area contributed by atoms with Gasteiger partial charge in [0.2, 0.25) is 0 Å². The molecule has 0 saturated heterocycles. The second kappa shape index (κ2) is 12.1. The average Bonchev–Trinajstić information content (AvgIpc) is 3.57. The minimum absolute atomic E-state index is 1.08. The van der Waals surface area contributed by atoms with Crippen LogP contribution in [0.5, 0.6) is 0 Å². The topological polar surface area (TPSA) is 0 Å². The van der Waals surface area contributed by atoms with E-state index in [4.69, 9.17) is 0 Å². The third-order valence-electron chi connectivity index (χ3n) is 3.93. The number of benzene rings is 2. The second-order valence-electron chi connectivity index (χ2n) is 5.85. The van der Waals surface area contributed by atoms with Crippen molar-refractivity contribution in [2.45, 2.75) is 6.42 Å². The summed E-state index contributed by atoms with van der Waals surface area (Å²) in [6, 6.07) is 25.1. The molecule has 0 saturated carbocycles. The monoisotopic (exact) mass is 418 g/mol. The molecule has 0 fully saturated rings. The summed E-state index contributed by atoms with van der Waals surface area (Å²) in [4.78, 5) is 0. The van der Waals surface area contributed by atoms with E-state index in [0.717, 1.165) is 6.42 Å². The van der Waals surface area contributed by atoms with Crippen molar-refractivity contribution in [1.29, 1.82) is 0 Å². The van der Waals surface area contributed by atoms with Gasteiger partial charge < -0.3 is 0 Å². The Balaban J connectivity index is 0.000000124. The van der Waals surface area contributed by atoms with Crippen molar-refractivity contribution in [3.8, 4) is 0 Å². The van der Waals surface area contributed by atoms with Gasteiger partial charge in [-0.1, -0.05) is 84.9 Å².